The van der Waals surface area contributed by atoms with Gasteiger partial charge in [0.15, 0.2) is 0 Å². The van der Waals surface area contributed by atoms with E-state index in [1.165, 1.54) is 0 Å². The second-order valence-electron chi connectivity index (χ2n) is 3.89. The zero-order valence-electron chi connectivity index (χ0n) is 8.47. The minimum absolute atomic E-state index is 0.0104. The van der Waals surface area contributed by atoms with Gasteiger partial charge in [0.25, 0.3) is 0 Å². The number of benzene rings is 1. The standard InChI is InChI=1S/C11H13Cl2NS/c1-6-4-10(14)11-7(5-15-6)8(12)2-3-9(11)13/h2-3,6,10H,4-5,14H2,1H3/t6?,10-/m0/s1. The van der Waals surface area contributed by atoms with Gasteiger partial charge in [0.1, 0.15) is 0 Å². The number of hydrogen-bond acceptors (Lipinski definition) is 2. The zero-order valence-corrected chi connectivity index (χ0v) is 10.8. The molecule has 1 aromatic rings. The quantitative estimate of drug-likeness (QED) is 0.764. The van der Waals surface area contributed by atoms with E-state index < -0.39 is 0 Å². The Morgan fingerprint density at radius 2 is 2.00 bits per heavy atom. The molecule has 0 aliphatic carbocycles. The summed E-state index contributed by atoms with van der Waals surface area (Å²) in [6.07, 6.45) is 0.956. The molecule has 15 heavy (non-hydrogen) atoms. The molecular weight excluding hydrogens is 249 g/mol. The van der Waals surface area contributed by atoms with Gasteiger partial charge in [0, 0.05) is 27.1 Å². The Morgan fingerprint density at radius 1 is 1.33 bits per heavy atom. The van der Waals surface area contributed by atoms with Crippen LogP contribution in [0.15, 0.2) is 12.1 Å². The summed E-state index contributed by atoms with van der Waals surface area (Å²) in [5, 5.41) is 2.09. The molecule has 0 saturated heterocycles. The highest BCUT2D eigenvalue weighted by Gasteiger charge is 2.23. The third-order valence-corrected chi connectivity index (χ3v) is 4.62. The minimum atomic E-state index is 0.0104. The molecule has 1 unspecified atom stereocenters. The van der Waals surface area contributed by atoms with Gasteiger partial charge in [-0.05, 0) is 29.7 Å². The molecular formula is C11H13Cl2NS. The van der Waals surface area contributed by atoms with Crippen LogP contribution in [0.3, 0.4) is 0 Å². The van der Waals surface area contributed by atoms with Crippen molar-refractivity contribution in [3.63, 3.8) is 0 Å². The fourth-order valence-corrected chi connectivity index (χ4v) is 3.66. The van der Waals surface area contributed by atoms with Crippen molar-refractivity contribution in [1.29, 1.82) is 0 Å². The Balaban J connectivity index is 2.52. The van der Waals surface area contributed by atoms with Crippen LogP contribution in [-0.4, -0.2) is 5.25 Å². The van der Waals surface area contributed by atoms with E-state index in [9.17, 15) is 0 Å². The fraction of sp³-hybridized carbons (Fsp3) is 0.455. The van der Waals surface area contributed by atoms with Crippen LogP contribution in [0.2, 0.25) is 10.0 Å². The van der Waals surface area contributed by atoms with Crippen LogP contribution in [0.25, 0.3) is 0 Å². The van der Waals surface area contributed by atoms with E-state index in [1.807, 2.05) is 23.9 Å². The smallest absolute Gasteiger partial charge is 0.0457 e. The molecule has 1 heterocycles. The molecule has 0 fully saturated rings. The first-order chi connectivity index (χ1) is 7.09. The van der Waals surface area contributed by atoms with Crippen LogP contribution < -0.4 is 5.73 Å². The third kappa shape index (κ3) is 2.28. The van der Waals surface area contributed by atoms with Gasteiger partial charge >= 0.3 is 0 Å². The number of nitrogens with two attached hydrogens (primary N) is 1. The van der Waals surface area contributed by atoms with Crippen LogP contribution >= 0.6 is 35.0 Å². The molecule has 0 spiro atoms. The summed E-state index contributed by atoms with van der Waals surface area (Å²) in [6, 6.07) is 3.70. The highest BCUT2D eigenvalue weighted by molar-refractivity contribution is 7.99. The third-order valence-electron chi connectivity index (χ3n) is 2.72. The van der Waals surface area contributed by atoms with Crippen molar-refractivity contribution in [3.8, 4) is 0 Å². The maximum atomic E-state index is 6.18. The lowest BCUT2D eigenvalue weighted by Crippen LogP contribution is -2.14. The minimum Gasteiger partial charge on any atom is -0.324 e. The van der Waals surface area contributed by atoms with Gasteiger partial charge in [0.2, 0.25) is 0 Å². The molecule has 2 rings (SSSR count). The fourth-order valence-electron chi connectivity index (χ4n) is 1.93. The van der Waals surface area contributed by atoms with Crippen molar-refractivity contribution in [2.24, 2.45) is 5.73 Å². The van der Waals surface area contributed by atoms with Crippen LogP contribution in [0, 0.1) is 0 Å². The first-order valence-corrected chi connectivity index (χ1v) is 6.74. The molecule has 4 heteroatoms. The van der Waals surface area contributed by atoms with Gasteiger partial charge in [-0.2, -0.15) is 11.8 Å². The van der Waals surface area contributed by atoms with Crippen LogP contribution in [0.1, 0.15) is 30.5 Å². The molecule has 0 radical (unpaired) electrons. The first kappa shape index (κ1) is 11.6. The topological polar surface area (TPSA) is 26.0 Å². The van der Waals surface area contributed by atoms with Crippen LogP contribution in [0.4, 0.5) is 0 Å². The molecule has 2 atom stereocenters. The van der Waals surface area contributed by atoms with E-state index in [1.54, 1.807) is 0 Å². The van der Waals surface area contributed by atoms with Gasteiger partial charge in [-0.1, -0.05) is 30.1 Å². The predicted molar refractivity (Wildman–Crippen MR) is 68.8 cm³/mol. The van der Waals surface area contributed by atoms with E-state index in [0.29, 0.717) is 5.25 Å². The van der Waals surface area contributed by atoms with E-state index in [-0.39, 0.29) is 6.04 Å². The maximum Gasteiger partial charge on any atom is 0.0457 e. The summed E-state index contributed by atoms with van der Waals surface area (Å²) in [5.74, 6) is 0.906. The zero-order chi connectivity index (χ0) is 11.0. The van der Waals surface area contributed by atoms with E-state index in [2.05, 4.69) is 6.92 Å². The molecule has 0 amide bonds. The summed E-state index contributed by atoms with van der Waals surface area (Å²) in [7, 11) is 0. The molecule has 1 aliphatic rings. The summed E-state index contributed by atoms with van der Waals surface area (Å²) in [5.41, 5.74) is 8.31. The number of fused-ring (bicyclic) bond motifs is 1. The number of thioether (sulfide) groups is 1. The van der Waals surface area contributed by atoms with E-state index >= 15 is 0 Å². The summed E-state index contributed by atoms with van der Waals surface area (Å²) < 4.78 is 0. The summed E-state index contributed by atoms with van der Waals surface area (Å²) in [4.78, 5) is 0. The predicted octanol–water partition coefficient (Wildman–Crippen LogP) is 4.02. The van der Waals surface area contributed by atoms with Gasteiger partial charge in [-0.15, -0.1) is 0 Å². The first-order valence-electron chi connectivity index (χ1n) is 4.93. The Kier molecular flexibility index (Phi) is 3.51. The Bertz CT molecular complexity index is 381. The number of rotatable bonds is 0. The van der Waals surface area contributed by atoms with Crippen molar-refractivity contribution in [2.45, 2.75) is 30.4 Å². The Hall–Kier alpha value is 0.110. The molecule has 1 aromatic carbocycles. The second kappa shape index (κ2) is 4.54. The average Bonchev–Trinajstić information content (AvgIpc) is 2.32. The normalized spacial score (nSPS) is 25.9. The van der Waals surface area contributed by atoms with Crippen molar-refractivity contribution >= 4 is 35.0 Å². The SMILES string of the molecule is CC1C[C@H](N)c2c(Cl)ccc(Cl)c2CS1. The molecule has 0 saturated carbocycles. The summed E-state index contributed by atoms with van der Waals surface area (Å²) >= 11 is 14.2. The van der Waals surface area contributed by atoms with Crippen LogP contribution in [0.5, 0.6) is 0 Å². The molecule has 1 nitrogen and oxygen atoms in total. The molecule has 1 aliphatic heterocycles. The van der Waals surface area contributed by atoms with Gasteiger partial charge < -0.3 is 5.73 Å². The molecule has 0 bridgehead atoms. The van der Waals surface area contributed by atoms with Gasteiger partial charge in [-0.3, -0.25) is 0 Å². The van der Waals surface area contributed by atoms with Crippen LogP contribution in [-0.2, 0) is 5.75 Å². The second-order valence-corrected chi connectivity index (χ2v) is 6.13. The summed E-state index contributed by atoms with van der Waals surface area (Å²) in [6.45, 7) is 2.19. The number of hydrogen-bond donors (Lipinski definition) is 1. The highest BCUT2D eigenvalue weighted by Crippen LogP contribution is 2.40. The highest BCUT2D eigenvalue weighted by atomic mass is 35.5. The molecule has 0 aromatic heterocycles. The lowest BCUT2D eigenvalue weighted by molar-refractivity contribution is 0.651. The van der Waals surface area contributed by atoms with Crippen molar-refractivity contribution in [2.75, 3.05) is 0 Å². The molecule has 82 valence electrons. The lowest BCUT2D eigenvalue weighted by atomic mass is 9.98. The lowest BCUT2D eigenvalue weighted by Gasteiger charge is -2.16. The van der Waals surface area contributed by atoms with Crippen molar-refractivity contribution in [1.82, 2.24) is 0 Å². The van der Waals surface area contributed by atoms with Gasteiger partial charge in [-0.25, -0.2) is 0 Å². The molecule has 2 N–H and O–H groups in total. The monoisotopic (exact) mass is 261 g/mol. The number of halogens is 2. The van der Waals surface area contributed by atoms with Crippen molar-refractivity contribution < 1.29 is 0 Å². The largest absolute Gasteiger partial charge is 0.324 e. The Morgan fingerprint density at radius 3 is 2.73 bits per heavy atom. The van der Waals surface area contributed by atoms with Gasteiger partial charge in [0.05, 0.1) is 0 Å². The van der Waals surface area contributed by atoms with Crippen molar-refractivity contribution in [3.05, 3.63) is 33.3 Å². The van der Waals surface area contributed by atoms with E-state index in [4.69, 9.17) is 28.9 Å². The van der Waals surface area contributed by atoms with E-state index in [0.717, 1.165) is 33.3 Å². The average molecular weight is 262 g/mol. The maximum absolute atomic E-state index is 6.18. The Labute approximate surface area is 104 Å².